The summed E-state index contributed by atoms with van der Waals surface area (Å²) in [5.74, 6) is 0.161. The second-order valence-corrected chi connectivity index (χ2v) is 6.46. The van der Waals surface area contributed by atoms with E-state index in [1.807, 2.05) is 6.92 Å². The van der Waals surface area contributed by atoms with Gasteiger partial charge >= 0.3 is 0 Å². The first-order valence-corrected chi connectivity index (χ1v) is 7.97. The van der Waals surface area contributed by atoms with E-state index in [0.717, 1.165) is 0 Å². The number of nitrogens with zero attached hydrogens (tertiary/aromatic N) is 2. The molecule has 0 saturated carbocycles. The van der Waals surface area contributed by atoms with Gasteiger partial charge in [0.1, 0.15) is 0 Å². The average Bonchev–Trinajstić information content (AvgIpc) is 2.53. The molecule has 1 rings (SSSR count). The molecule has 0 atom stereocenters. The van der Waals surface area contributed by atoms with Gasteiger partial charge in [0.15, 0.2) is 0 Å². The van der Waals surface area contributed by atoms with Crippen LogP contribution in [0.15, 0.2) is 0 Å². The molecule has 0 bridgehead atoms. The van der Waals surface area contributed by atoms with Gasteiger partial charge in [0, 0.05) is 38.5 Å². The molecule has 0 radical (unpaired) electrons. The normalized spacial score (nSPS) is 19.1. The fraction of sp³-hybridized carbons (Fsp3) is 0.900. The van der Waals surface area contributed by atoms with Crippen molar-refractivity contribution in [2.24, 2.45) is 0 Å². The lowest BCUT2D eigenvalue weighted by molar-refractivity contribution is -0.130. The lowest BCUT2D eigenvalue weighted by Gasteiger charge is -2.21. The SMILES string of the molecule is CCC(=O)N1CCCN(S(=O)(=O)CCCl)CC1. The molecule has 0 unspecified atom stereocenters. The highest BCUT2D eigenvalue weighted by molar-refractivity contribution is 7.89. The predicted molar refractivity (Wildman–Crippen MR) is 67.6 cm³/mol. The molecule has 7 heteroatoms. The number of carbonyl (C=O) groups excluding carboxylic acids is 1. The molecule has 5 nitrogen and oxygen atoms in total. The molecule has 17 heavy (non-hydrogen) atoms. The van der Waals surface area contributed by atoms with Crippen LogP contribution in [0.25, 0.3) is 0 Å². The minimum absolute atomic E-state index is 0.0315. The number of amides is 1. The van der Waals surface area contributed by atoms with E-state index in [2.05, 4.69) is 0 Å². The van der Waals surface area contributed by atoms with E-state index in [-0.39, 0.29) is 17.5 Å². The summed E-state index contributed by atoms with van der Waals surface area (Å²) in [6, 6.07) is 0. The van der Waals surface area contributed by atoms with Gasteiger partial charge in [-0.25, -0.2) is 12.7 Å². The quantitative estimate of drug-likeness (QED) is 0.706. The number of carbonyl (C=O) groups is 1. The lowest BCUT2D eigenvalue weighted by Crippen LogP contribution is -2.38. The summed E-state index contributed by atoms with van der Waals surface area (Å²) in [6.45, 7) is 3.79. The Morgan fingerprint density at radius 1 is 1.24 bits per heavy atom. The van der Waals surface area contributed by atoms with Crippen LogP contribution >= 0.6 is 11.6 Å². The molecule has 1 aliphatic rings. The topological polar surface area (TPSA) is 57.7 Å². The summed E-state index contributed by atoms with van der Waals surface area (Å²) in [4.78, 5) is 13.3. The second-order valence-electron chi connectivity index (χ2n) is 3.99. The highest BCUT2D eigenvalue weighted by Crippen LogP contribution is 2.10. The smallest absolute Gasteiger partial charge is 0.222 e. The van der Waals surface area contributed by atoms with Gasteiger partial charge in [0.25, 0.3) is 0 Å². The molecule has 0 N–H and O–H groups in total. The predicted octanol–water partition coefficient (Wildman–Crippen LogP) is 0.499. The van der Waals surface area contributed by atoms with Crippen LogP contribution in [0, 0.1) is 0 Å². The van der Waals surface area contributed by atoms with Crippen molar-refractivity contribution < 1.29 is 13.2 Å². The first kappa shape index (κ1) is 14.7. The van der Waals surface area contributed by atoms with E-state index in [1.165, 1.54) is 4.31 Å². The molecule has 1 heterocycles. The molecule has 1 fully saturated rings. The van der Waals surface area contributed by atoms with E-state index < -0.39 is 10.0 Å². The molecular formula is C10H19ClN2O3S. The summed E-state index contributed by atoms with van der Waals surface area (Å²) in [5.41, 5.74) is 0. The Hall–Kier alpha value is -0.330. The van der Waals surface area contributed by atoms with Crippen LogP contribution in [0.2, 0.25) is 0 Å². The van der Waals surface area contributed by atoms with Gasteiger partial charge in [-0.2, -0.15) is 0 Å². The van der Waals surface area contributed by atoms with E-state index in [1.54, 1.807) is 4.90 Å². The number of rotatable bonds is 4. The van der Waals surface area contributed by atoms with Gasteiger partial charge < -0.3 is 4.90 Å². The van der Waals surface area contributed by atoms with Crippen LogP contribution in [-0.2, 0) is 14.8 Å². The maximum Gasteiger partial charge on any atom is 0.222 e. The first-order chi connectivity index (χ1) is 8.01. The molecule has 1 amide bonds. The fourth-order valence-electron chi connectivity index (χ4n) is 1.87. The maximum absolute atomic E-state index is 11.8. The molecule has 0 aromatic rings. The summed E-state index contributed by atoms with van der Waals surface area (Å²) in [5, 5.41) is 0. The molecule has 100 valence electrons. The van der Waals surface area contributed by atoms with Crippen molar-refractivity contribution in [2.75, 3.05) is 37.8 Å². The highest BCUT2D eigenvalue weighted by Gasteiger charge is 2.25. The summed E-state index contributed by atoms with van der Waals surface area (Å²) >= 11 is 5.48. The fourth-order valence-corrected chi connectivity index (χ4v) is 3.68. The van der Waals surface area contributed by atoms with E-state index in [9.17, 15) is 13.2 Å². The minimum atomic E-state index is -3.25. The summed E-state index contributed by atoms with van der Waals surface area (Å²) in [7, 11) is -3.25. The van der Waals surface area contributed by atoms with Crippen LogP contribution in [0.1, 0.15) is 19.8 Å². The van der Waals surface area contributed by atoms with Crippen LogP contribution in [-0.4, -0.2) is 61.3 Å². The molecular weight excluding hydrogens is 264 g/mol. The zero-order valence-corrected chi connectivity index (χ0v) is 11.6. The number of halogens is 1. The number of alkyl halides is 1. The van der Waals surface area contributed by atoms with Gasteiger partial charge in [-0.3, -0.25) is 4.79 Å². The van der Waals surface area contributed by atoms with Crippen molar-refractivity contribution >= 4 is 27.5 Å². The number of sulfonamides is 1. The lowest BCUT2D eigenvalue weighted by atomic mass is 10.3. The van der Waals surface area contributed by atoms with E-state index in [4.69, 9.17) is 11.6 Å². The standard InChI is InChI=1S/C10H19ClN2O3S/c1-2-10(14)12-5-3-6-13(8-7-12)17(15,16)9-4-11/h2-9H2,1H3. The third kappa shape index (κ3) is 4.12. The molecule has 0 aromatic heterocycles. The summed E-state index contributed by atoms with van der Waals surface area (Å²) in [6.07, 6.45) is 1.15. The Balaban J connectivity index is 2.62. The largest absolute Gasteiger partial charge is 0.341 e. The Morgan fingerprint density at radius 2 is 1.94 bits per heavy atom. The zero-order chi connectivity index (χ0) is 12.9. The van der Waals surface area contributed by atoms with E-state index >= 15 is 0 Å². The van der Waals surface area contributed by atoms with Gasteiger partial charge in [0.2, 0.25) is 15.9 Å². The Kier molecular flexibility index (Phi) is 5.69. The van der Waals surface area contributed by atoms with Gasteiger partial charge in [-0.1, -0.05) is 6.92 Å². The van der Waals surface area contributed by atoms with Gasteiger partial charge in [-0.05, 0) is 6.42 Å². The average molecular weight is 283 g/mol. The zero-order valence-electron chi connectivity index (χ0n) is 10.1. The number of hydrogen-bond acceptors (Lipinski definition) is 3. The Labute approximate surface area is 108 Å². The maximum atomic E-state index is 11.8. The van der Waals surface area contributed by atoms with Crippen molar-refractivity contribution in [1.82, 2.24) is 9.21 Å². The molecule has 1 saturated heterocycles. The summed E-state index contributed by atoms with van der Waals surface area (Å²) < 4.78 is 25.1. The van der Waals surface area contributed by atoms with Crippen molar-refractivity contribution in [1.29, 1.82) is 0 Å². The van der Waals surface area contributed by atoms with Crippen molar-refractivity contribution in [3.8, 4) is 0 Å². The van der Waals surface area contributed by atoms with E-state index in [0.29, 0.717) is 39.0 Å². The number of hydrogen-bond donors (Lipinski definition) is 0. The molecule has 1 aliphatic heterocycles. The Morgan fingerprint density at radius 3 is 2.53 bits per heavy atom. The van der Waals surface area contributed by atoms with Crippen molar-refractivity contribution in [2.45, 2.75) is 19.8 Å². The highest BCUT2D eigenvalue weighted by atomic mass is 35.5. The molecule has 0 aliphatic carbocycles. The van der Waals surface area contributed by atoms with Crippen molar-refractivity contribution in [3.05, 3.63) is 0 Å². The Bertz CT molecular complexity index is 359. The third-order valence-electron chi connectivity index (χ3n) is 2.84. The second kappa shape index (κ2) is 6.56. The van der Waals surface area contributed by atoms with Crippen molar-refractivity contribution in [3.63, 3.8) is 0 Å². The van der Waals surface area contributed by atoms with Crippen LogP contribution < -0.4 is 0 Å². The first-order valence-electron chi connectivity index (χ1n) is 5.83. The minimum Gasteiger partial charge on any atom is -0.341 e. The van der Waals surface area contributed by atoms with Crippen LogP contribution in [0.3, 0.4) is 0 Å². The monoisotopic (exact) mass is 282 g/mol. The molecule has 0 spiro atoms. The third-order valence-corrected chi connectivity index (χ3v) is 5.12. The molecule has 0 aromatic carbocycles. The van der Waals surface area contributed by atoms with Crippen LogP contribution in [0.5, 0.6) is 0 Å². The van der Waals surface area contributed by atoms with Gasteiger partial charge in [-0.15, -0.1) is 11.6 Å². The van der Waals surface area contributed by atoms with Gasteiger partial charge in [0.05, 0.1) is 5.75 Å². The van der Waals surface area contributed by atoms with Crippen LogP contribution in [0.4, 0.5) is 0 Å².